The summed E-state index contributed by atoms with van der Waals surface area (Å²) >= 11 is 1.43. The number of aromatic nitrogens is 2. The van der Waals surface area contributed by atoms with E-state index in [0.717, 1.165) is 16.7 Å². The lowest BCUT2D eigenvalue weighted by Crippen LogP contribution is -2.29. The number of nitrogens with zero attached hydrogens (tertiary/aromatic N) is 2. The molecule has 0 spiro atoms. The molecule has 1 atom stereocenters. The highest BCUT2D eigenvalue weighted by molar-refractivity contribution is 7.17. The van der Waals surface area contributed by atoms with Crippen LogP contribution < -0.4 is 5.56 Å². The number of benzene rings is 1. The van der Waals surface area contributed by atoms with Crippen LogP contribution in [0.15, 0.2) is 34.7 Å². The molecule has 0 fully saturated rings. The van der Waals surface area contributed by atoms with Crippen LogP contribution in [0.5, 0.6) is 0 Å². The van der Waals surface area contributed by atoms with Gasteiger partial charge in [0.05, 0.1) is 18.8 Å². The summed E-state index contributed by atoms with van der Waals surface area (Å²) in [6.45, 7) is 5.69. The highest BCUT2D eigenvalue weighted by Gasteiger charge is 2.21. The van der Waals surface area contributed by atoms with Gasteiger partial charge in [-0.3, -0.25) is 9.36 Å². The number of hydrogen-bond acceptors (Lipinski definition) is 5. The quantitative estimate of drug-likeness (QED) is 0.684. The van der Waals surface area contributed by atoms with Crippen molar-refractivity contribution < 1.29 is 9.53 Å². The Bertz CT molecular complexity index is 988. The predicted molar refractivity (Wildman–Crippen MR) is 95.5 cm³/mol. The lowest BCUT2D eigenvalue weighted by Gasteiger charge is -2.12. The molecule has 6 heteroatoms. The maximum absolute atomic E-state index is 12.9. The van der Waals surface area contributed by atoms with E-state index < -0.39 is 12.0 Å². The smallest absolute Gasteiger partial charge is 0.328 e. The van der Waals surface area contributed by atoms with Crippen molar-refractivity contribution in [3.05, 3.63) is 51.4 Å². The van der Waals surface area contributed by atoms with E-state index in [2.05, 4.69) is 11.1 Å². The number of thiophene rings is 1. The minimum Gasteiger partial charge on any atom is -0.467 e. The predicted octanol–water partition coefficient (Wildman–Crippen LogP) is 3.48. The summed E-state index contributed by atoms with van der Waals surface area (Å²) in [5.41, 5.74) is 3.91. The summed E-state index contributed by atoms with van der Waals surface area (Å²) < 4.78 is 6.07. The van der Waals surface area contributed by atoms with Gasteiger partial charge in [-0.2, -0.15) is 0 Å². The number of ether oxygens (including phenoxy) is 1. The zero-order chi connectivity index (χ0) is 17.4. The maximum Gasteiger partial charge on any atom is 0.328 e. The third kappa shape index (κ3) is 2.63. The number of carbonyl (C=O) groups excluding carboxylic acids is 1. The van der Waals surface area contributed by atoms with Gasteiger partial charge >= 0.3 is 5.97 Å². The van der Waals surface area contributed by atoms with E-state index in [0.29, 0.717) is 10.2 Å². The number of fused-ring (bicyclic) bond motifs is 1. The number of esters is 1. The second-order valence-electron chi connectivity index (χ2n) is 5.80. The van der Waals surface area contributed by atoms with Crippen LogP contribution in [0, 0.1) is 13.8 Å². The van der Waals surface area contributed by atoms with Crippen molar-refractivity contribution in [3.63, 3.8) is 0 Å². The fraction of sp³-hybridized carbons (Fsp3) is 0.278. The molecule has 3 aromatic rings. The Morgan fingerprint density at radius 1 is 1.29 bits per heavy atom. The first-order valence-corrected chi connectivity index (χ1v) is 8.45. The molecule has 2 heterocycles. The standard InChI is InChI=1S/C18H18N2O3S/c1-10-5-6-13(11(2)7-10)14-8-24-16-15(14)17(21)20(9-19-16)12(3)18(22)23-4/h5-9,12H,1-4H3. The first kappa shape index (κ1) is 16.4. The summed E-state index contributed by atoms with van der Waals surface area (Å²) in [5, 5.41) is 2.49. The highest BCUT2D eigenvalue weighted by atomic mass is 32.1. The normalized spacial score (nSPS) is 12.3. The maximum atomic E-state index is 12.9. The Morgan fingerprint density at radius 2 is 2.04 bits per heavy atom. The van der Waals surface area contributed by atoms with Crippen LogP contribution >= 0.6 is 11.3 Å². The molecular formula is C18H18N2O3S. The van der Waals surface area contributed by atoms with Crippen molar-refractivity contribution in [2.45, 2.75) is 26.8 Å². The number of carbonyl (C=O) groups is 1. The summed E-state index contributed by atoms with van der Waals surface area (Å²) in [6.07, 6.45) is 1.41. The molecule has 0 N–H and O–H groups in total. The SMILES string of the molecule is COC(=O)C(C)n1cnc2scc(-c3ccc(C)cc3C)c2c1=O. The molecule has 124 valence electrons. The van der Waals surface area contributed by atoms with Gasteiger partial charge in [-0.05, 0) is 31.9 Å². The van der Waals surface area contributed by atoms with Gasteiger partial charge in [-0.15, -0.1) is 11.3 Å². The van der Waals surface area contributed by atoms with Crippen LogP contribution in [0.3, 0.4) is 0 Å². The number of rotatable bonds is 3. The average molecular weight is 342 g/mol. The van der Waals surface area contributed by atoms with Crippen LogP contribution in [0.4, 0.5) is 0 Å². The zero-order valence-electron chi connectivity index (χ0n) is 14.0. The minimum absolute atomic E-state index is 0.228. The second-order valence-corrected chi connectivity index (χ2v) is 6.66. The van der Waals surface area contributed by atoms with E-state index >= 15 is 0 Å². The second kappa shape index (κ2) is 6.20. The molecular weight excluding hydrogens is 324 g/mol. The van der Waals surface area contributed by atoms with E-state index in [9.17, 15) is 9.59 Å². The number of hydrogen-bond donors (Lipinski definition) is 0. The largest absolute Gasteiger partial charge is 0.467 e. The molecule has 0 aliphatic heterocycles. The minimum atomic E-state index is -0.716. The van der Waals surface area contributed by atoms with Gasteiger partial charge in [-0.25, -0.2) is 9.78 Å². The molecule has 0 aliphatic rings. The Labute approximate surface area is 143 Å². The average Bonchev–Trinajstić information content (AvgIpc) is 2.98. The molecule has 0 amide bonds. The van der Waals surface area contributed by atoms with Crippen LogP contribution in [0.2, 0.25) is 0 Å². The molecule has 5 nitrogen and oxygen atoms in total. The van der Waals surface area contributed by atoms with E-state index in [1.165, 1.54) is 34.9 Å². The highest BCUT2D eigenvalue weighted by Crippen LogP contribution is 2.33. The summed E-state index contributed by atoms with van der Waals surface area (Å²) in [5.74, 6) is -0.471. The molecule has 0 radical (unpaired) electrons. The molecule has 2 aromatic heterocycles. The first-order chi connectivity index (χ1) is 11.4. The topological polar surface area (TPSA) is 61.2 Å². The molecule has 0 aliphatic carbocycles. The molecule has 1 aromatic carbocycles. The summed E-state index contributed by atoms with van der Waals surface area (Å²) in [7, 11) is 1.31. The van der Waals surface area contributed by atoms with Crippen LogP contribution in [-0.2, 0) is 9.53 Å². The van der Waals surface area contributed by atoms with E-state index in [4.69, 9.17) is 4.74 Å². The lowest BCUT2D eigenvalue weighted by molar-refractivity contribution is -0.144. The molecule has 0 saturated heterocycles. The van der Waals surface area contributed by atoms with E-state index in [1.54, 1.807) is 6.92 Å². The van der Waals surface area contributed by atoms with Gasteiger partial charge in [0.25, 0.3) is 5.56 Å². The van der Waals surface area contributed by atoms with Crippen LogP contribution in [0.1, 0.15) is 24.1 Å². The van der Waals surface area contributed by atoms with Gasteiger partial charge in [0.2, 0.25) is 0 Å². The van der Waals surface area contributed by atoms with Gasteiger partial charge in [0.15, 0.2) is 0 Å². The van der Waals surface area contributed by atoms with Crippen molar-refractivity contribution in [1.29, 1.82) is 0 Å². The first-order valence-electron chi connectivity index (χ1n) is 7.57. The van der Waals surface area contributed by atoms with Gasteiger partial charge in [-0.1, -0.05) is 23.8 Å². The van der Waals surface area contributed by atoms with Crippen LogP contribution in [-0.4, -0.2) is 22.6 Å². The van der Waals surface area contributed by atoms with E-state index in [1.807, 2.05) is 31.4 Å². The van der Waals surface area contributed by atoms with Crippen molar-refractivity contribution in [1.82, 2.24) is 9.55 Å². The summed E-state index contributed by atoms with van der Waals surface area (Å²) in [4.78, 5) is 29.7. The molecule has 24 heavy (non-hydrogen) atoms. The van der Waals surface area contributed by atoms with Gasteiger partial charge < -0.3 is 4.74 Å². The van der Waals surface area contributed by atoms with Crippen molar-refractivity contribution >= 4 is 27.5 Å². The fourth-order valence-corrected chi connectivity index (χ4v) is 3.72. The molecule has 0 saturated carbocycles. The molecule has 1 unspecified atom stereocenters. The molecule has 0 bridgehead atoms. The van der Waals surface area contributed by atoms with Crippen molar-refractivity contribution in [3.8, 4) is 11.1 Å². The van der Waals surface area contributed by atoms with Crippen LogP contribution in [0.25, 0.3) is 21.3 Å². The zero-order valence-corrected chi connectivity index (χ0v) is 14.8. The Hall–Kier alpha value is -2.47. The lowest BCUT2D eigenvalue weighted by atomic mass is 9.99. The third-order valence-electron chi connectivity index (χ3n) is 4.15. The third-order valence-corrected chi connectivity index (χ3v) is 5.04. The van der Waals surface area contributed by atoms with Crippen molar-refractivity contribution in [2.24, 2.45) is 0 Å². The number of aryl methyl sites for hydroxylation is 2. The van der Waals surface area contributed by atoms with Crippen molar-refractivity contribution in [2.75, 3.05) is 7.11 Å². The number of methoxy groups -OCH3 is 1. The Kier molecular flexibility index (Phi) is 4.24. The monoisotopic (exact) mass is 342 g/mol. The van der Waals surface area contributed by atoms with Gasteiger partial charge in [0.1, 0.15) is 10.9 Å². The van der Waals surface area contributed by atoms with Gasteiger partial charge in [0, 0.05) is 10.9 Å². The fourth-order valence-electron chi connectivity index (χ4n) is 2.82. The molecule has 3 rings (SSSR count). The van der Waals surface area contributed by atoms with E-state index in [-0.39, 0.29) is 5.56 Å². The summed E-state index contributed by atoms with van der Waals surface area (Å²) in [6, 6.07) is 5.42. The Balaban J connectivity index is 2.25. The Morgan fingerprint density at radius 3 is 2.71 bits per heavy atom.